The maximum atomic E-state index is 3.45. The van der Waals surface area contributed by atoms with Crippen molar-refractivity contribution in [2.75, 3.05) is 14.1 Å². The highest BCUT2D eigenvalue weighted by atomic mass is 15.5. The number of hydrazine groups is 1. The van der Waals surface area contributed by atoms with Crippen molar-refractivity contribution >= 4 is 0 Å². The molecule has 0 aliphatic heterocycles. The minimum atomic E-state index is 1.62. The van der Waals surface area contributed by atoms with Crippen LogP contribution in [0.15, 0.2) is 12.8 Å². The molecule has 0 unspecified atom stereocenters. The third-order valence-electron chi connectivity index (χ3n) is 0.349. The smallest absolute Gasteiger partial charge is 0.00607 e. The summed E-state index contributed by atoms with van der Waals surface area (Å²) in [4.78, 5) is 0. The molecule has 0 radical (unpaired) electrons. The van der Waals surface area contributed by atoms with Crippen molar-refractivity contribution < 1.29 is 0 Å². The summed E-state index contributed by atoms with van der Waals surface area (Å²) in [6.45, 7) is 3.45. The number of hydrogen-bond acceptors (Lipinski definition) is 2. The quantitative estimate of drug-likeness (QED) is 0.483. The molecular formula is C4H10N2. The standard InChI is InChI=1S/C4H10N2/c1-4-5-6(2)3/h4-5H,1H2,2-3H3. The molecule has 0 saturated carbocycles. The van der Waals surface area contributed by atoms with Crippen LogP contribution in [0, 0.1) is 0 Å². The molecule has 0 saturated heterocycles. The second-order valence-corrected chi connectivity index (χ2v) is 1.23. The second kappa shape index (κ2) is 2.72. The third kappa shape index (κ3) is 3.50. The minimum Gasteiger partial charge on any atom is -0.327 e. The minimum absolute atomic E-state index is 1.62. The van der Waals surface area contributed by atoms with Gasteiger partial charge in [-0.25, -0.2) is 5.01 Å². The molecule has 2 heteroatoms. The first-order valence-electron chi connectivity index (χ1n) is 1.81. The van der Waals surface area contributed by atoms with Crippen LogP contribution in [-0.2, 0) is 0 Å². The molecule has 0 aromatic carbocycles. The largest absolute Gasteiger partial charge is 0.327 e. The van der Waals surface area contributed by atoms with E-state index in [1.165, 1.54) is 0 Å². The van der Waals surface area contributed by atoms with Crippen molar-refractivity contribution in [2.24, 2.45) is 0 Å². The SMILES string of the molecule is C=CNN(C)C. The Labute approximate surface area is 38.4 Å². The molecule has 0 heterocycles. The number of nitrogens with one attached hydrogen (secondary N) is 1. The van der Waals surface area contributed by atoms with Crippen molar-refractivity contribution in [3.8, 4) is 0 Å². The van der Waals surface area contributed by atoms with E-state index in [-0.39, 0.29) is 0 Å². The zero-order chi connectivity index (χ0) is 4.99. The van der Waals surface area contributed by atoms with Gasteiger partial charge in [-0.1, -0.05) is 6.58 Å². The summed E-state index contributed by atoms with van der Waals surface area (Å²) in [5.41, 5.74) is 2.81. The molecule has 1 N–H and O–H groups in total. The topological polar surface area (TPSA) is 15.3 Å². The Morgan fingerprint density at radius 3 is 2.17 bits per heavy atom. The van der Waals surface area contributed by atoms with E-state index >= 15 is 0 Å². The van der Waals surface area contributed by atoms with E-state index < -0.39 is 0 Å². The first-order valence-corrected chi connectivity index (χ1v) is 1.81. The fourth-order valence-electron chi connectivity index (χ4n) is 0.183. The predicted molar refractivity (Wildman–Crippen MR) is 27.0 cm³/mol. The Morgan fingerprint density at radius 1 is 1.67 bits per heavy atom. The summed E-state index contributed by atoms with van der Waals surface area (Å²) in [6, 6.07) is 0. The van der Waals surface area contributed by atoms with E-state index in [2.05, 4.69) is 12.0 Å². The number of nitrogens with zero attached hydrogens (tertiary/aromatic N) is 1. The van der Waals surface area contributed by atoms with Gasteiger partial charge in [0, 0.05) is 20.3 Å². The molecule has 0 aromatic rings. The molecule has 0 rings (SSSR count). The van der Waals surface area contributed by atoms with E-state index in [0.717, 1.165) is 0 Å². The fraction of sp³-hybridized carbons (Fsp3) is 0.500. The van der Waals surface area contributed by atoms with Crippen LogP contribution < -0.4 is 5.43 Å². The fourth-order valence-corrected chi connectivity index (χ4v) is 0.183. The van der Waals surface area contributed by atoms with Gasteiger partial charge in [0.05, 0.1) is 0 Å². The number of hydrogen-bond donors (Lipinski definition) is 1. The zero-order valence-corrected chi connectivity index (χ0v) is 4.23. The summed E-state index contributed by atoms with van der Waals surface area (Å²) in [7, 11) is 3.81. The van der Waals surface area contributed by atoms with E-state index in [1.54, 1.807) is 6.20 Å². The van der Waals surface area contributed by atoms with Crippen LogP contribution in [0.1, 0.15) is 0 Å². The van der Waals surface area contributed by atoms with Gasteiger partial charge in [0.15, 0.2) is 0 Å². The van der Waals surface area contributed by atoms with Gasteiger partial charge in [-0.2, -0.15) is 0 Å². The van der Waals surface area contributed by atoms with Gasteiger partial charge in [0.2, 0.25) is 0 Å². The van der Waals surface area contributed by atoms with Crippen LogP contribution in [0.4, 0.5) is 0 Å². The van der Waals surface area contributed by atoms with E-state index in [0.29, 0.717) is 0 Å². The lowest BCUT2D eigenvalue weighted by Crippen LogP contribution is -2.24. The maximum Gasteiger partial charge on any atom is 0.00607 e. The van der Waals surface area contributed by atoms with Crippen LogP contribution in [0.2, 0.25) is 0 Å². The normalized spacial score (nSPS) is 8.50. The highest BCUT2D eigenvalue weighted by molar-refractivity contribution is 4.56. The van der Waals surface area contributed by atoms with Crippen LogP contribution in [-0.4, -0.2) is 19.1 Å². The Morgan fingerprint density at radius 2 is 2.17 bits per heavy atom. The molecule has 0 aromatic heterocycles. The van der Waals surface area contributed by atoms with Crippen molar-refractivity contribution in [1.82, 2.24) is 10.4 Å². The highest BCUT2D eigenvalue weighted by Crippen LogP contribution is 1.57. The van der Waals surface area contributed by atoms with Crippen LogP contribution in [0.25, 0.3) is 0 Å². The van der Waals surface area contributed by atoms with Crippen molar-refractivity contribution in [2.45, 2.75) is 0 Å². The molecule has 0 atom stereocenters. The van der Waals surface area contributed by atoms with Gasteiger partial charge < -0.3 is 5.43 Å². The first-order chi connectivity index (χ1) is 2.77. The molecule has 0 aliphatic rings. The molecule has 36 valence electrons. The van der Waals surface area contributed by atoms with E-state index in [1.807, 2.05) is 19.1 Å². The molecule has 2 nitrogen and oxygen atoms in total. The van der Waals surface area contributed by atoms with Gasteiger partial charge >= 0.3 is 0 Å². The van der Waals surface area contributed by atoms with E-state index in [9.17, 15) is 0 Å². The molecule has 0 amide bonds. The lowest BCUT2D eigenvalue weighted by atomic mass is 11.0. The van der Waals surface area contributed by atoms with Gasteiger partial charge in [0.1, 0.15) is 0 Å². The molecule has 0 bridgehead atoms. The molecule has 0 spiro atoms. The third-order valence-corrected chi connectivity index (χ3v) is 0.349. The number of rotatable bonds is 2. The first kappa shape index (κ1) is 5.50. The summed E-state index contributed by atoms with van der Waals surface area (Å²) >= 11 is 0. The van der Waals surface area contributed by atoms with Crippen molar-refractivity contribution in [1.29, 1.82) is 0 Å². The zero-order valence-electron chi connectivity index (χ0n) is 4.23. The van der Waals surface area contributed by atoms with Crippen LogP contribution in [0.5, 0.6) is 0 Å². The summed E-state index contributed by atoms with van der Waals surface area (Å²) in [5.74, 6) is 0. The Hall–Kier alpha value is -0.500. The van der Waals surface area contributed by atoms with Crippen LogP contribution in [0.3, 0.4) is 0 Å². The monoisotopic (exact) mass is 86.1 g/mol. The van der Waals surface area contributed by atoms with Crippen LogP contribution >= 0.6 is 0 Å². The molecule has 0 fully saturated rings. The summed E-state index contributed by atoms with van der Waals surface area (Å²) < 4.78 is 0. The Kier molecular flexibility index (Phi) is 2.50. The van der Waals surface area contributed by atoms with Gasteiger partial charge in [-0.05, 0) is 0 Å². The highest BCUT2D eigenvalue weighted by Gasteiger charge is 1.71. The van der Waals surface area contributed by atoms with Crippen molar-refractivity contribution in [3.05, 3.63) is 12.8 Å². The second-order valence-electron chi connectivity index (χ2n) is 1.23. The Balaban J connectivity index is 2.81. The molecular weight excluding hydrogens is 76.1 g/mol. The van der Waals surface area contributed by atoms with Gasteiger partial charge in [-0.15, -0.1) is 0 Å². The average molecular weight is 86.1 g/mol. The maximum absolute atomic E-state index is 3.45. The lowest BCUT2D eigenvalue weighted by Gasteiger charge is -2.05. The molecule has 0 aliphatic carbocycles. The summed E-state index contributed by atoms with van der Waals surface area (Å²) in [6.07, 6.45) is 1.62. The average Bonchev–Trinajstić information content (AvgIpc) is 1.35. The van der Waals surface area contributed by atoms with Gasteiger partial charge in [-0.3, -0.25) is 0 Å². The van der Waals surface area contributed by atoms with Gasteiger partial charge in [0.25, 0.3) is 0 Å². The Bertz CT molecular complexity index is 40.8. The summed E-state index contributed by atoms with van der Waals surface area (Å²) in [5, 5.41) is 1.81. The lowest BCUT2D eigenvalue weighted by molar-refractivity contribution is 0.343. The molecule has 6 heavy (non-hydrogen) atoms. The van der Waals surface area contributed by atoms with Crippen molar-refractivity contribution in [3.63, 3.8) is 0 Å². The van der Waals surface area contributed by atoms with E-state index in [4.69, 9.17) is 0 Å². The predicted octanol–water partition coefficient (Wildman–Crippen LogP) is 0.196.